The lowest BCUT2D eigenvalue weighted by Crippen LogP contribution is -2.41. The van der Waals surface area contributed by atoms with Crippen LogP contribution in [0.5, 0.6) is 11.5 Å². The molecule has 0 unspecified atom stereocenters. The fraction of sp³-hybridized carbons (Fsp3) is 0.571. The number of ether oxygens (including phenoxy) is 2. The monoisotopic (exact) mass is 269 g/mol. The third-order valence-corrected chi connectivity index (χ3v) is 4.39. The molecule has 3 nitrogen and oxygen atoms in total. The van der Waals surface area contributed by atoms with Crippen molar-refractivity contribution in [1.29, 1.82) is 0 Å². The fourth-order valence-electron chi connectivity index (χ4n) is 2.77. The summed E-state index contributed by atoms with van der Waals surface area (Å²) in [6, 6.07) is 2.11. The molecule has 0 amide bonds. The first kappa shape index (κ1) is 13.5. The molecule has 0 radical (unpaired) electrons. The predicted octanol–water partition coefficient (Wildman–Crippen LogP) is 3.05. The van der Waals surface area contributed by atoms with E-state index >= 15 is 0 Å². The summed E-state index contributed by atoms with van der Waals surface area (Å²) in [5.74, 6) is 1.40. The number of methoxy groups -OCH3 is 2. The van der Waals surface area contributed by atoms with E-state index in [0.717, 1.165) is 24.0 Å². The number of hydrogen-bond donors (Lipinski definition) is 1. The Morgan fingerprint density at radius 2 is 1.89 bits per heavy atom. The van der Waals surface area contributed by atoms with E-state index in [1.807, 2.05) is 6.92 Å². The van der Waals surface area contributed by atoms with Crippen LogP contribution in [-0.2, 0) is 5.41 Å². The van der Waals surface area contributed by atoms with Crippen LogP contribution in [-0.4, -0.2) is 20.8 Å². The zero-order chi connectivity index (χ0) is 13.3. The molecule has 18 heavy (non-hydrogen) atoms. The standard InChI is InChI=1S/C14H20ClNO2/c1-9-7-10(14(8-16)5-4-6-14)13(18-3)11(15)12(9)17-2/h7H,4-6,8,16H2,1-3H3. The number of rotatable bonds is 4. The van der Waals surface area contributed by atoms with Gasteiger partial charge in [0.25, 0.3) is 0 Å². The average Bonchev–Trinajstić information content (AvgIpc) is 2.29. The third-order valence-electron chi connectivity index (χ3n) is 4.04. The molecule has 0 heterocycles. The topological polar surface area (TPSA) is 44.5 Å². The maximum atomic E-state index is 6.37. The van der Waals surface area contributed by atoms with Crippen molar-refractivity contribution in [2.24, 2.45) is 5.73 Å². The molecule has 1 aliphatic rings. The van der Waals surface area contributed by atoms with Crippen molar-refractivity contribution in [1.82, 2.24) is 0 Å². The van der Waals surface area contributed by atoms with Crippen LogP contribution in [0.2, 0.25) is 5.02 Å². The Morgan fingerprint density at radius 3 is 2.28 bits per heavy atom. The first-order valence-electron chi connectivity index (χ1n) is 6.21. The maximum absolute atomic E-state index is 6.37. The molecule has 2 rings (SSSR count). The molecule has 1 aliphatic carbocycles. The van der Waals surface area contributed by atoms with Crippen LogP contribution in [0.4, 0.5) is 0 Å². The van der Waals surface area contributed by atoms with E-state index in [4.69, 9.17) is 26.8 Å². The lowest BCUT2D eigenvalue weighted by molar-refractivity contribution is 0.243. The minimum atomic E-state index is 0.0337. The average molecular weight is 270 g/mol. The second-order valence-corrected chi connectivity index (χ2v) is 5.34. The van der Waals surface area contributed by atoms with Crippen LogP contribution in [0.3, 0.4) is 0 Å². The van der Waals surface area contributed by atoms with Crippen LogP contribution in [0, 0.1) is 6.92 Å². The summed E-state index contributed by atoms with van der Waals surface area (Å²) >= 11 is 6.37. The zero-order valence-electron chi connectivity index (χ0n) is 11.2. The number of hydrogen-bond acceptors (Lipinski definition) is 3. The minimum Gasteiger partial charge on any atom is -0.495 e. The van der Waals surface area contributed by atoms with Crippen LogP contribution < -0.4 is 15.2 Å². The van der Waals surface area contributed by atoms with E-state index in [2.05, 4.69) is 6.07 Å². The maximum Gasteiger partial charge on any atom is 0.145 e. The molecule has 100 valence electrons. The minimum absolute atomic E-state index is 0.0337. The highest BCUT2D eigenvalue weighted by Gasteiger charge is 2.40. The lowest BCUT2D eigenvalue weighted by atomic mass is 9.64. The van der Waals surface area contributed by atoms with Crippen molar-refractivity contribution in [3.63, 3.8) is 0 Å². The Bertz CT molecular complexity index is 450. The van der Waals surface area contributed by atoms with Crippen molar-refractivity contribution >= 4 is 11.6 Å². The van der Waals surface area contributed by atoms with Crippen LogP contribution in [0.15, 0.2) is 6.07 Å². The first-order valence-corrected chi connectivity index (χ1v) is 6.59. The summed E-state index contributed by atoms with van der Waals surface area (Å²) < 4.78 is 10.8. The van der Waals surface area contributed by atoms with Crippen molar-refractivity contribution in [2.75, 3.05) is 20.8 Å². The first-order chi connectivity index (χ1) is 8.59. The van der Waals surface area contributed by atoms with Crippen molar-refractivity contribution in [3.8, 4) is 11.5 Å². The molecule has 4 heteroatoms. The number of halogens is 1. The number of benzene rings is 1. The van der Waals surface area contributed by atoms with Gasteiger partial charge < -0.3 is 15.2 Å². The molecule has 1 saturated carbocycles. The summed E-state index contributed by atoms with van der Waals surface area (Å²) in [6.07, 6.45) is 3.41. The van der Waals surface area contributed by atoms with Crippen molar-refractivity contribution in [3.05, 3.63) is 22.2 Å². The quantitative estimate of drug-likeness (QED) is 0.914. The smallest absolute Gasteiger partial charge is 0.145 e. The summed E-state index contributed by atoms with van der Waals surface area (Å²) in [5, 5.41) is 0.551. The molecule has 0 aromatic heterocycles. The van der Waals surface area contributed by atoms with Gasteiger partial charge in [-0.1, -0.05) is 18.0 Å². The van der Waals surface area contributed by atoms with Gasteiger partial charge >= 0.3 is 0 Å². The largest absolute Gasteiger partial charge is 0.495 e. The summed E-state index contributed by atoms with van der Waals surface area (Å²) in [7, 11) is 3.26. The van der Waals surface area contributed by atoms with Crippen molar-refractivity contribution in [2.45, 2.75) is 31.6 Å². The van der Waals surface area contributed by atoms with E-state index in [9.17, 15) is 0 Å². The van der Waals surface area contributed by atoms with Gasteiger partial charge in [0.05, 0.1) is 14.2 Å². The van der Waals surface area contributed by atoms with Gasteiger partial charge in [0.1, 0.15) is 16.5 Å². The molecule has 0 bridgehead atoms. The van der Waals surface area contributed by atoms with Crippen LogP contribution in [0.1, 0.15) is 30.4 Å². The van der Waals surface area contributed by atoms with Crippen molar-refractivity contribution < 1.29 is 9.47 Å². The predicted molar refractivity (Wildman–Crippen MR) is 73.9 cm³/mol. The Hall–Kier alpha value is -0.930. The van der Waals surface area contributed by atoms with Gasteiger partial charge in [-0.2, -0.15) is 0 Å². The van der Waals surface area contributed by atoms with E-state index in [0.29, 0.717) is 23.1 Å². The summed E-state index contributed by atoms with van der Waals surface area (Å²) in [4.78, 5) is 0. The molecular weight excluding hydrogens is 250 g/mol. The Balaban J connectivity index is 2.60. The Kier molecular flexibility index (Phi) is 3.74. The van der Waals surface area contributed by atoms with Gasteiger partial charge in [-0.25, -0.2) is 0 Å². The summed E-state index contributed by atoms with van der Waals surface area (Å²) in [5.41, 5.74) is 8.15. The Morgan fingerprint density at radius 1 is 1.28 bits per heavy atom. The van der Waals surface area contributed by atoms with Gasteiger partial charge in [-0.3, -0.25) is 0 Å². The van der Waals surface area contributed by atoms with Gasteiger partial charge in [-0.15, -0.1) is 0 Å². The lowest BCUT2D eigenvalue weighted by Gasteiger charge is -2.42. The molecule has 1 fully saturated rings. The second-order valence-electron chi connectivity index (χ2n) is 4.96. The molecule has 0 atom stereocenters. The highest BCUT2D eigenvalue weighted by atomic mass is 35.5. The van der Waals surface area contributed by atoms with Gasteiger partial charge in [-0.05, 0) is 31.4 Å². The van der Waals surface area contributed by atoms with E-state index in [1.54, 1.807) is 14.2 Å². The molecule has 2 N–H and O–H groups in total. The Labute approximate surface area is 113 Å². The second kappa shape index (κ2) is 4.98. The van der Waals surface area contributed by atoms with Crippen LogP contribution in [0.25, 0.3) is 0 Å². The molecule has 1 aromatic carbocycles. The highest BCUT2D eigenvalue weighted by molar-refractivity contribution is 6.33. The summed E-state index contributed by atoms with van der Waals surface area (Å²) in [6.45, 7) is 2.63. The van der Waals surface area contributed by atoms with E-state index < -0.39 is 0 Å². The fourth-order valence-corrected chi connectivity index (χ4v) is 3.18. The molecular formula is C14H20ClNO2. The SMILES string of the molecule is COc1c(C)cc(C2(CN)CCC2)c(OC)c1Cl. The normalized spacial score (nSPS) is 17.2. The third kappa shape index (κ3) is 1.86. The van der Waals surface area contributed by atoms with Gasteiger partial charge in [0, 0.05) is 17.5 Å². The van der Waals surface area contributed by atoms with Crippen LogP contribution >= 0.6 is 11.6 Å². The molecule has 0 spiro atoms. The zero-order valence-corrected chi connectivity index (χ0v) is 11.9. The number of aryl methyl sites for hydroxylation is 1. The van der Waals surface area contributed by atoms with Gasteiger partial charge in [0.2, 0.25) is 0 Å². The van der Waals surface area contributed by atoms with Gasteiger partial charge in [0.15, 0.2) is 0 Å². The number of nitrogens with two attached hydrogens (primary N) is 1. The highest BCUT2D eigenvalue weighted by Crippen LogP contribution is 2.51. The molecule has 0 aliphatic heterocycles. The van der Waals surface area contributed by atoms with E-state index in [-0.39, 0.29) is 5.41 Å². The molecule has 1 aromatic rings. The molecule has 0 saturated heterocycles. The van der Waals surface area contributed by atoms with E-state index in [1.165, 1.54) is 6.42 Å².